The van der Waals surface area contributed by atoms with Gasteiger partial charge in [0.15, 0.2) is 0 Å². The van der Waals surface area contributed by atoms with Gasteiger partial charge < -0.3 is 16.0 Å². The predicted molar refractivity (Wildman–Crippen MR) is 103 cm³/mol. The number of hydrogen-bond donors (Lipinski definition) is 2. The molecule has 0 saturated carbocycles. The molecule has 1 rings (SSSR count). The number of nitrogens with two attached hydrogens (primary N) is 1. The van der Waals surface area contributed by atoms with Gasteiger partial charge in [0.1, 0.15) is 0 Å². The highest BCUT2D eigenvalue weighted by Crippen LogP contribution is 2.07. The van der Waals surface area contributed by atoms with E-state index in [0.717, 1.165) is 26.1 Å². The first kappa shape index (κ1) is 20.4. The summed E-state index contributed by atoms with van der Waals surface area (Å²) in [5, 5.41) is 3.49. The quantitative estimate of drug-likeness (QED) is 0.552. The van der Waals surface area contributed by atoms with Crippen molar-refractivity contribution >= 4 is 0 Å². The van der Waals surface area contributed by atoms with Gasteiger partial charge in [0.2, 0.25) is 0 Å². The number of rotatable bonds is 7. The number of allylic oxidation sites excluding steroid dienone is 4. The third-order valence-electron chi connectivity index (χ3n) is 4.41. The van der Waals surface area contributed by atoms with Gasteiger partial charge in [0, 0.05) is 0 Å². The van der Waals surface area contributed by atoms with E-state index in [0.29, 0.717) is 0 Å². The second-order valence-corrected chi connectivity index (χ2v) is 6.60. The van der Waals surface area contributed by atoms with E-state index in [1.807, 2.05) is 0 Å². The Bertz CT molecular complexity index is 277. The molecule has 0 atom stereocenters. The predicted octanol–water partition coefficient (Wildman–Crippen LogP) is 3.86. The molecular weight excluding hydrogens is 282 g/mol. The molecule has 1 heterocycles. The molecule has 0 fully saturated rings. The number of nitrogens with zero attached hydrogens (tertiary/aromatic N) is 1. The molecule has 0 radical (unpaired) electrons. The standard InChI is InChI=1S/C20H39N3/c21-15-13-16-22-17-14-20-23-18-11-9-7-5-3-1-2-4-6-8-10-12-19-23/h3-6,22H,1-2,7-21H2. The van der Waals surface area contributed by atoms with Gasteiger partial charge in [0.25, 0.3) is 0 Å². The van der Waals surface area contributed by atoms with Crippen LogP contribution < -0.4 is 11.1 Å². The summed E-state index contributed by atoms with van der Waals surface area (Å²) in [5.41, 5.74) is 5.52. The Kier molecular flexibility index (Phi) is 14.4. The topological polar surface area (TPSA) is 41.3 Å². The van der Waals surface area contributed by atoms with Gasteiger partial charge in [0.05, 0.1) is 0 Å². The molecule has 0 aromatic heterocycles. The van der Waals surface area contributed by atoms with E-state index in [1.165, 1.54) is 77.4 Å². The zero-order chi connectivity index (χ0) is 16.4. The van der Waals surface area contributed by atoms with Gasteiger partial charge in [-0.1, -0.05) is 24.3 Å². The molecular formula is C20H39N3. The average Bonchev–Trinajstić information content (AvgIpc) is 2.57. The van der Waals surface area contributed by atoms with Gasteiger partial charge in [-0.2, -0.15) is 0 Å². The molecule has 3 nitrogen and oxygen atoms in total. The minimum atomic E-state index is 0.794. The molecule has 3 heteroatoms. The first-order chi connectivity index (χ1) is 11.4. The Labute approximate surface area is 144 Å². The summed E-state index contributed by atoms with van der Waals surface area (Å²) >= 11 is 0. The fourth-order valence-electron chi connectivity index (χ4n) is 2.97. The lowest BCUT2D eigenvalue weighted by atomic mass is 10.2. The van der Waals surface area contributed by atoms with E-state index in [4.69, 9.17) is 5.73 Å². The summed E-state index contributed by atoms with van der Waals surface area (Å²) in [5.74, 6) is 0. The summed E-state index contributed by atoms with van der Waals surface area (Å²) in [6.07, 6.45) is 22.1. The van der Waals surface area contributed by atoms with Gasteiger partial charge in [-0.05, 0) is 103 Å². The second-order valence-electron chi connectivity index (χ2n) is 6.60. The summed E-state index contributed by atoms with van der Waals surface area (Å²) in [6, 6.07) is 0. The molecule has 0 spiro atoms. The number of hydrogen-bond acceptors (Lipinski definition) is 3. The minimum absolute atomic E-state index is 0.794. The zero-order valence-corrected chi connectivity index (χ0v) is 15.1. The van der Waals surface area contributed by atoms with Gasteiger partial charge in [-0.25, -0.2) is 0 Å². The van der Waals surface area contributed by atoms with Crippen LogP contribution in [0.25, 0.3) is 0 Å². The summed E-state index contributed by atoms with van der Waals surface area (Å²) in [7, 11) is 0. The smallest absolute Gasteiger partial charge is 0.000664 e. The van der Waals surface area contributed by atoms with Crippen LogP contribution in [0.2, 0.25) is 0 Å². The van der Waals surface area contributed by atoms with Gasteiger partial charge in [-0.3, -0.25) is 0 Å². The van der Waals surface area contributed by atoms with E-state index in [1.54, 1.807) is 0 Å². The summed E-state index contributed by atoms with van der Waals surface area (Å²) < 4.78 is 0. The monoisotopic (exact) mass is 321 g/mol. The lowest BCUT2D eigenvalue weighted by Gasteiger charge is -2.22. The van der Waals surface area contributed by atoms with Crippen LogP contribution in [0.3, 0.4) is 0 Å². The van der Waals surface area contributed by atoms with E-state index < -0.39 is 0 Å². The third kappa shape index (κ3) is 13.5. The van der Waals surface area contributed by atoms with Crippen LogP contribution in [0.1, 0.15) is 64.2 Å². The Morgan fingerprint density at radius 3 is 1.91 bits per heavy atom. The maximum atomic E-state index is 5.52. The third-order valence-corrected chi connectivity index (χ3v) is 4.41. The Hall–Kier alpha value is -0.640. The van der Waals surface area contributed by atoms with Crippen molar-refractivity contribution in [1.29, 1.82) is 0 Å². The van der Waals surface area contributed by atoms with Crippen molar-refractivity contribution in [3.05, 3.63) is 24.3 Å². The highest BCUT2D eigenvalue weighted by atomic mass is 15.1. The molecule has 0 unspecified atom stereocenters. The molecule has 0 aromatic rings. The molecule has 0 aliphatic carbocycles. The molecule has 1 aliphatic rings. The van der Waals surface area contributed by atoms with E-state index >= 15 is 0 Å². The Morgan fingerprint density at radius 1 is 0.739 bits per heavy atom. The maximum Gasteiger partial charge on any atom is -0.000664 e. The van der Waals surface area contributed by atoms with Crippen molar-refractivity contribution in [2.75, 3.05) is 39.3 Å². The Morgan fingerprint density at radius 2 is 1.30 bits per heavy atom. The van der Waals surface area contributed by atoms with Crippen LogP contribution in [0.15, 0.2) is 24.3 Å². The highest BCUT2D eigenvalue weighted by molar-refractivity contribution is 4.88. The van der Waals surface area contributed by atoms with Gasteiger partial charge >= 0.3 is 0 Å². The lowest BCUT2D eigenvalue weighted by molar-refractivity contribution is 0.259. The highest BCUT2D eigenvalue weighted by Gasteiger charge is 2.04. The first-order valence-electron chi connectivity index (χ1n) is 9.86. The minimum Gasteiger partial charge on any atom is -0.330 e. The molecule has 134 valence electrons. The fourth-order valence-corrected chi connectivity index (χ4v) is 2.97. The van der Waals surface area contributed by atoms with Crippen LogP contribution in [0, 0.1) is 0 Å². The van der Waals surface area contributed by atoms with Crippen LogP contribution in [-0.2, 0) is 0 Å². The fraction of sp³-hybridized carbons (Fsp3) is 0.800. The molecule has 0 aromatic carbocycles. The Balaban J connectivity index is 2.22. The summed E-state index contributed by atoms with van der Waals surface area (Å²) in [6.45, 7) is 6.76. The van der Waals surface area contributed by atoms with Gasteiger partial charge in [-0.15, -0.1) is 0 Å². The molecule has 1 aliphatic heterocycles. The van der Waals surface area contributed by atoms with Crippen LogP contribution in [0.5, 0.6) is 0 Å². The van der Waals surface area contributed by atoms with Crippen molar-refractivity contribution in [1.82, 2.24) is 10.2 Å². The molecule has 23 heavy (non-hydrogen) atoms. The lowest BCUT2D eigenvalue weighted by Crippen LogP contribution is -2.30. The van der Waals surface area contributed by atoms with Crippen molar-refractivity contribution in [3.63, 3.8) is 0 Å². The van der Waals surface area contributed by atoms with Crippen molar-refractivity contribution in [3.8, 4) is 0 Å². The largest absolute Gasteiger partial charge is 0.330 e. The van der Waals surface area contributed by atoms with Crippen molar-refractivity contribution in [2.45, 2.75) is 64.2 Å². The second kappa shape index (κ2) is 16.2. The van der Waals surface area contributed by atoms with Crippen molar-refractivity contribution < 1.29 is 0 Å². The van der Waals surface area contributed by atoms with Crippen LogP contribution in [-0.4, -0.2) is 44.2 Å². The van der Waals surface area contributed by atoms with Crippen molar-refractivity contribution in [2.24, 2.45) is 5.73 Å². The van der Waals surface area contributed by atoms with E-state index in [9.17, 15) is 0 Å². The average molecular weight is 322 g/mol. The maximum absolute atomic E-state index is 5.52. The van der Waals surface area contributed by atoms with E-state index in [2.05, 4.69) is 34.5 Å². The van der Waals surface area contributed by atoms with Crippen LogP contribution >= 0.6 is 0 Å². The SMILES string of the molecule is NCCCNCCCN1CCCCC=CCCC=CCCCC1. The number of nitrogens with one attached hydrogen (secondary N) is 1. The molecule has 0 saturated heterocycles. The zero-order valence-electron chi connectivity index (χ0n) is 15.1. The summed E-state index contributed by atoms with van der Waals surface area (Å²) in [4.78, 5) is 2.68. The normalized spacial score (nSPS) is 19.3. The molecule has 3 N–H and O–H groups in total. The molecule has 0 amide bonds. The van der Waals surface area contributed by atoms with E-state index in [-0.39, 0.29) is 0 Å². The first-order valence-corrected chi connectivity index (χ1v) is 9.86. The van der Waals surface area contributed by atoms with Crippen LogP contribution in [0.4, 0.5) is 0 Å². The molecule has 0 bridgehead atoms.